The van der Waals surface area contributed by atoms with Gasteiger partial charge in [-0.2, -0.15) is 4.98 Å². The van der Waals surface area contributed by atoms with Crippen molar-refractivity contribution >= 4 is 0 Å². The molecule has 0 amide bonds. The smallest absolute Gasteiger partial charge is 0.227 e. The number of aromatic nitrogens is 5. The lowest BCUT2D eigenvalue weighted by Crippen LogP contribution is -2.17. The zero-order valence-electron chi connectivity index (χ0n) is 10.9. The Labute approximate surface area is 110 Å². The number of nitrogens with one attached hydrogen (secondary N) is 1. The fourth-order valence-corrected chi connectivity index (χ4v) is 1.61. The first-order valence-electron chi connectivity index (χ1n) is 6.27. The van der Waals surface area contributed by atoms with Gasteiger partial charge < -0.3 is 14.9 Å². The van der Waals surface area contributed by atoms with Gasteiger partial charge in [0, 0.05) is 38.9 Å². The van der Waals surface area contributed by atoms with E-state index in [-0.39, 0.29) is 6.61 Å². The molecule has 0 aliphatic heterocycles. The number of aliphatic hydroxyl groups excluding tert-OH is 1. The van der Waals surface area contributed by atoms with Gasteiger partial charge in [-0.15, -0.1) is 5.10 Å². The molecular weight excluding hydrogens is 248 g/mol. The topological polar surface area (TPSA) is 102 Å². The minimum Gasteiger partial charge on any atom is -0.396 e. The van der Waals surface area contributed by atoms with E-state index in [9.17, 15) is 0 Å². The molecule has 8 nitrogen and oxygen atoms in total. The SMILES string of the molecule is Cc1noc(CCNCc2cn(CCCO)nn2)n1. The summed E-state index contributed by atoms with van der Waals surface area (Å²) in [6.45, 7) is 4.03. The first-order valence-corrected chi connectivity index (χ1v) is 6.27. The lowest BCUT2D eigenvalue weighted by atomic mass is 10.4. The highest BCUT2D eigenvalue weighted by Gasteiger charge is 2.03. The molecule has 0 aromatic carbocycles. The van der Waals surface area contributed by atoms with Gasteiger partial charge >= 0.3 is 0 Å². The Kier molecular flexibility index (Phi) is 4.99. The van der Waals surface area contributed by atoms with Crippen LogP contribution in [0.15, 0.2) is 10.7 Å². The van der Waals surface area contributed by atoms with Gasteiger partial charge in [-0.3, -0.25) is 4.68 Å². The summed E-state index contributed by atoms with van der Waals surface area (Å²) >= 11 is 0. The minimum absolute atomic E-state index is 0.164. The first kappa shape index (κ1) is 13.6. The molecule has 0 bridgehead atoms. The molecule has 0 spiro atoms. The van der Waals surface area contributed by atoms with Crippen molar-refractivity contribution in [3.05, 3.63) is 23.6 Å². The summed E-state index contributed by atoms with van der Waals surface area (Å²) in [5.41, 5.74) is 0.875. The molecule has 2 aromatic heterocycles. The Morgan fingerprint density at radius 2 is 2.37 bits per heavy atom. The molecule has 0 aliphatic rings. The van der Waals surface area contributed by atoms with E-state index in [4.69, 9.17) is 9.63 Å². The van der Waals surface area contributed by atoms with Gasteiger partial charge in [0.05, 0.1) is 5.69 Å². The minimum atomic E-state index is 0.164. The van der Waals surface area contributed by atoms with Crippen LogP contribution < -0.4 is 5.32 Å². The van der Waals surface area contributed by atoms with Gasteiger partial charge in [0.1, 0.15) is 0 Å². The van der Waals surface area contributed by atoms with Crippen LogP contribution in [-0.4, -0.2) is 43.4 Å². The van der Waals surface area contributed by atoms with Crippen molar-refractivity contribution in [2.75, 3.05) is 13.2 Å². The normalized spacial score (nSPS) is 11.1. The van der Waals surface area contributed by atoms with Gasteiger partial charge in [0.25, 0.3) is 0 Å². The molecule has 2 N–H and O–H groups in total. The fraction of sp³-hybridized carbons (Fsp3) is 0.636. The van der Waals surface area contributed by atoms with Crippen LogP contribution in [0.25, 0.3) is 0 Å². The van der Waals surface area contributed by atoms with Crippen LogP contribution in [0, 0.1) is 6.92 Å². The molecule has 2 heterocycles. The zero-order valence-corrected chi connectivity index (χ0v) is 10.9. The first-order chi connectivity index (χ1) is 9.28. The maximum atomic E-state index is 8.72. The van der Waals surface area contributed by atoms with Gasteiger partial charge in [-0.05, 0) is 13.3 Å². The highest BCUT2D eigenvalue weighted by Crippen LogP contribution is 1.97. The van der Waals surface area contributed by atoms with E-state index in [1.807, 2.05) is 6.20 Å². The number of hydrogen-bond donors (Lipinski definition) is 2. The Morgan fingerprint density at radius 3 is 3.11 bits per heavy atom. The zero-order chi connectivity index (χ0) is 13.5. The largest absolute Gasteiger partial charge is 0.396 e. The average Bonchev–Trinajstić information content (AvgIpc) is 3.01. The molecule has 0 unspecified atom stereocenters. The molecule has 0 atom stereocenters. The third-order valence-electron chi connectivity index (χ3n) is 2.52. The summed E-state index contributed by atoms with van der Waals surface area (Å²) in [6.07, 6.45) is 3.26. The highest BCUT2D eigenvalue weighted by molar-refractivity contribution is 4.92. The monoisotopic (exact) mass is 266 g/mol. The predicted molar refractivity (Wildman–Crippen MR) is 66.2 cm³/mol. The number of rotatable bonds is 8. The number of nitrogens with zero attached hydrogens (tertiary/aromatic N) is 5. The third kappa shape index (κ3) is 4.42. The van der Waals surface area contributed by atoms with E-state index in [2.05, 4.69) is 25.8 Å². The number of aliphatic hydroxyl groups is 1. The van der Waals surface area contributed by atoms with Crippen molar-refractivity contribution in [2.24, 2.45) is 0 Å². The summed E-state index contributed by atoms with van der Waals surface area (Å²) in [5, 5.41) is 23.7. The second-order valence-electron chi connectivity index (χ2n) is 4.21. The summed E-state index contributed by atoms with van der Waals surface area (Å²) in [6, 6.07) is 0. The molecule has 0 radical (unpaired) electrons. The van der Waals surface area contributed by atoms with Crippen molar-refractivity contribution in [1.82, 2.24) is 30.5 Å². The Morgan fingerprint density at radius 1 is 1.47 bits per heavy atom. The summed E-state index contributed by atoms with van der Waals surface area (Å²) in [4.78, 5) is 4.12. The van der Waals surface area contributed by atoms with E-state index in [1.54, 1.807) is 11.6 Å². The lowest BCUT2D eigenvalue weighted by Gasteiger charge is -1.98. The maximum Gasteiger partial charge on any atom is 0.227 e. The molecular formula is C11H18N6O2. The third-order valence-corrected chi connectivity index (χ3v) is 2.52. The van der Waals surface area contributed by atoms with Crippen molar-refractivity contribution in [3.8, 4) is 0 Å². The second-order valence-corrected chi connectivity index (χ2v) is 4.21. The Bertz CT molecular complexity index is 495. The quantitative estimate of drug-likeness (QED) is 0.631. The summed E-state index contributed by atoms with van der Waals surface area (Å²) in [7, 11) is 0. The standard InChI is InChI=1S/C11H18N6O2/c1-9-13-11(19-15-9)3-4-12-7-10-8-17(16-14-10)5-2-6-18/h8,12,18H,2-7H2,1H3. The predicted octanol–water partition coefficient (Wildman–Crippen LogP) is -0.316. The fourth-order valence-electron chi connectivity index (χ4n) is 1.61. The molecule has 8 heteroatoms. The van der Waals surface area contributed by atoms with Crippen LogP contribution >= 0.6 is 0 Å². The van der Waals surface area contributed by atoms with Crippen LogP contribution in [-0.2, 0) is 19.5 Å². The van der Waals surface area contributed by atoms with Crippen LogP contribution in [0.5, 0.6) is 0 Å². The Balaban J connectivity index is 1.66. The van der Waals surface area contributed by atoms with E-state index < -0.39 is 0 Å². The highest BCUT2D eigenvalue weighted by atomic mass is 16.5. The lowest BCUT2D eigenvalue weighted by molar-refractivity contribution is 0.276. The van der Waals surface area contributed by atoms with Crippen LogP contribution in [0.4, 0.5) is 0 Å². The van der Waals surface area contributed by atoms with Gasteiger partial charge in [0.15, 0.2) is 5.82 Å². The van der Waals surface area contributed by atoms with E-state index in [0.717, 1.165) is 12.2 Å². The van der Waals surface area contributed by atoms with Crippen LogP contribution in [0.2, 0.25) is 0 Å². The average molecular weight is 266 g/mol. The van der Waals surface area contributed by atoms with E-state index >= 15 is 0 Å². The molecule has 0 aliphatic carbocycles. The van der Waals surface area contributed by atoms with Crippen LogP contribution in [0.3, 0.4) is 0 Å². The second kappa shape index (κ2) is 6.95. The molecule has 19 heavy (non-hydrogen) atoms. The van der Waals surface area contributed by atoms with Crippen LogP contribution in [0.1, 0.15) is 23.8 Å². The van der Waals surface area contributed by atoms with E-state index in [0.29, 0.717) is 37.6 Å². The summed E-state index contributed by atoms with van der Waals surface area (Å²) < 4.78 is 6.74. The van der Waals surface area contributed by atoms with Crippen molar-refractivity contribution in [2.45, 2.75) is 32.9 Å². The number of hydrogen-bond acceptors (Lipinski definition) is 7. The van der Waals surface area contributed by atoms with Gasteiger partial charge in [0.2, 0.25) is 5.89 Å². The molecule has 0 saturated carbocycles. The molecule has 2 rings (SSSR count). The summed E-state index contributed by atoms with van der Waals surface area (Å²) in [5.74, 6) is 1.29. The van der Waals surface area contributed by atoms with Crippen molar-refractivity contribution in [3.63, 3.8) is 0 Å². The molecule has 0 saturated heterocycles. The van der Waals surface area contributed by atoms with Gasteiger partial charge in [-0.25, -0.2) is 0 Å². The molecule has 104 valence electrons. The van der Waals surface area contributed by atoms with Crippen molar-refractivity contribution in [1.29, 1.82) is 0 Å². The Hall–Kier alpha value is -1.80. The molecule has 0 fully saturated rings. The van der Waals surface area contributed by atoms with Gasteiger partial charge in [-0.1, -0.05) is 10.4 Å². The van der Waals surface area contributed by atoms with E-state index in [1.165, 1.54) is 0 Å². The number of aryl methyl sites for hydroxylation is 2. The van der Waals surface area contributed by atoms with Crippen molar-refractivity contribution < 1.29 is 9.63 Å². The molecule has 2 aromatic rings. The maximum absolute atomic E-state index is 8.72.